The van der Waals surface area contributed by atoms with E-state index in [9.17, 15) is 19.2 Å². The maximum atomic E-state index is 12.3. The van der Waals surface area contributed by atoms with Crippen LogP contribution in [0.5, 0.6) is 0 Å². The van der Waals surface area contributed by atoms with Crippen molar-refractivity contribution in [3.05, 3.63) is 58.2 Å². The third-order valence-corrected chi connectivity index (χ3v) is 5.60. The summed E-state index contributed by atoms with van der Waals surface area (Å²) in [7, 11) is 1.66. The van der Waals surface area contributed by atoms with Crippen LogP contribution >= 0.6 is 22.9 Å². The van der Waals surface area contributed by atoms with Gasteiger partial charge in [-0.15, -0.1) is 11.3 Å². The summed E-state index contributed by atoms with van der Waals surface area (Å²) in [6.07, 6.45) is 1.66. The first-order chi connectivity index (χ1) is 13.9. The number of rotatable bonds is 6. The van der Waals surface area contributed by atoms with E-state index >= 15 is 0 Å². The van der Waals surface area contributed by atoms with Crippen molar-refractivity contribution in [2.45, 2.75) is 0 Å². The number of aromatic nitrogens is 1. The van der Waals surface area contributed by atoms with Gasteiger partial charge in [-0.25, -0.2) is 0 Å². The average molecular weight is 434 g/mol. The normalized spacial score (nSPS) is 10.6. The second kappa shape index (κ2) is 8.89. The van der Waals surface area contributed by atoms with Gasteiger partial charge in [0, 0.05) is 23.3 Å². The number of nitrogens with zero attached hydrogens (tertiary/aromatic N) is 1. The van der Waals surface area contributed by atoms with Crippen LogP contribution in [0.4, 0.5) is 0 Å². The highest BCUT2D eigenvalue weighted by atomic mass is 35.5. The fourth-order valence-electron chi connectivity index (χ4n) is 2.51. The molecule has 0 saturated carbocycles. The third-order valence-electron chi connectivity index (χ3n) is 3.93. The van der Waals surface area contributed by atoms with Gasteiger partial charge in [0.2, 0.25) is 0 Å². The molecule has 8 nitrogen and oxygen atoms in total. The zero-order valence-electron chi connectivity index (χ0n) is 15.2. The quantitative estimate of drug-likeness (QED) is 0.579. The fourth-order valence-corrected chi connectivity index (χ4v) is 3.95. The molecule has 2 aromatic heterocycles. The van der Waals surface area contributed by atoms with Crippen molar-refractivity contribution in [3.8, 4) is 0 Å². The van der Waals surface area contributed by atoms with Crippen LogP contribution in [-0.4, -0.2) is 41.4 Å². The SMILES string of the molecule is Cn1cccc1C(=O)NC(=O)COC(=O)CNC(=O)c1sc2ccccc2c1Cl. The standard InChI is InChI=1S/C19H16ClN3O5S/c1-23-8-4-6-12(23)18(26)22-14(24)10-28-15(25)9-21-19(27)17-16(20)11-5-2-3-7-13(11)29-17/h2-8H,9-10H2,1H3,(H,21,27)(H,22,24,26). The zero-order chi connectivity index (χ0) is 21.0. The van der Waals surface area contributed by atoms with Gasteiger partial charge in [0.15, 0.2) is 6.61 Å². The lowest BCUT2D eigenvalue weighted by molar-refractivity contribution is -0.147. The Kier molecular flexibility index (Phi) is 6.30. The summed E-state index contributed by atoms with van der Waals surface area (Å²) in [6.45, 7) is -1.09. The number of carbonyl (C=O) groups is 4. The Morgan fingerprint density at radius 2 is 1.86 bits per heavy atom. The summed E-state index contributed by atoms with van der Waals surface area (Å²) in [5.74, 6) is -2.72. The van der Waals surface area contributed by atoms with Gasteiger partial charge in [-0.05, 0) is 18.2 Å². The van der Waals surface area contributed by atoms with E-state index in [4.69, 9.17) is 16.3 Å². The van der Waals surface area contributed by atoms with E-state index < -0.39 is 36.8 Å². The smallest absolute Gasteiger partial charge is 0.325 e. The van der Waals surface area contributed by atoms with Crippen molar-refractivity contribution in [3.63, 3.8) is 0 Å². The van der Waals surface area contributed by atoms with E-state index in [2.05, 4.69) is 10.6 Å². The van der Waals surface area contributed by atoms with E-state index in [-0.39, 0.29) is 10.6 Å². The first-order valence-electron chi connectivity index (χ1n) is 8.43. The molecule has 0 aliphatic heterocycles. The van der Waals surface area contributed by atoms with E-state index in [1.807, 2.05) is 18.2 Å². The highest BCUT2D eigenvalue weighted by molar-refractivity contribution is 7.21. The minimum Gasteiger partial charge on any atom is -0.454 e. The van der Waals surface area contributed by atoms with Gasteiger partial charge < -0.3 is 14.6 Å². The third kappa shape index (κ3) is 4.82. The largest absolute Gasteiger partial charge is 0.454 e. The average Bonchev–Trinajstić information content (AvgIpc) is 3.28. The number of nitrogens with one attached hydrogen (secondary N) is 2. The molecule has 0 saturated heterocycles. The number of benzene rings is 1. The highest BCUT2D eigenvalue weighted by Gasteiger charge is 2.18. The monoisotopic (exact) mass is 433 g/mol. The molecular weight excluding hydrogens is 418 g/mol. The summed E-state index contributed by atoms with van der Waals surface area (Å²) in [6, 6.07) is 10.5. The second-order valence-corrected chi connectivity index (χ2v) is 7.40. The lowest BCUT2D eigenvalue weighted by Gasteiger charge is -2.07. The van der Waals surface area contributed by atoms with Crippen molar-refractivity contribution in [2.24, 2.45) is 7.05 Å². The van der Waals surface area contributed by atoms with Crippen molar-refractivity contribution >= 4 is 56.7 Å². The molecular formula is C19H16ClN3O5S. The number of fused-ring (bicyclic) bond motifs is 1. The van der Waals surface area contributed by atoms with Gasteiger partial charge in [0.1, 0.15) is 17.1 Å². The zero-order valence-corrected chi connectivity index (χ0v) is 16.8. The van der Waals surface area contributed by atoms with Gasteiger partial charge in [0.05, 0.1) is 5.02 Å². The minimum absolute atomic E-state index is 0.284. The molecule has 0 fully saturated rings. The number of imide groups is 1. The van der Waals surface area contributed by atoms with Crippen molar-refractivity contribution in [1.82, 2.24) is 15.2 Å². The van der Waals surface area contributed by atoms with Crippen molar-refractivity contribution in [1.29, 1.82) is 0 Å². The summed E-state index contributed by atoms with van der Waals surface area (Å²) < 4.78 is 7.17. The predicted octanol–water partition coefficient (Wildman–Crippen LogP) is 2.12. The Morgan fingerprint density at radius 1 is 1.10 bits per heavy atom. The molecule has 0 unspecified atom stereocenters. The van der Waals surface area contributed by atoms with Crippen molar-refractivity contribution in [2.75, 3.05) is 13.2 Å². The predicted molar refractivity (Wildman–Crippen MR) is 108 cm³/mol. The second-order valence-electron chi connectivity index (χ2n) is 5.97. The van der Waals surface area contributed by atoms with Crippen LogP contribution in [-0.2, 0) is 21.4 Å². The summed E-state index contributed by atoms with van der Waals surface area (Å²) >= 11 is 7.43. The van der Waals surface area contributed by atoms with Crippen LogP contribution in [0.2, 0.25) is 5.02 Å². The Labute approximate surface area is 174 Å². The van der Waals surface area contributed by atoms with Gasteiger partial charge in [-0.2, -0.15) is 0 Å². The molecule has 0 aliphatic rings. The lowest BCUT2D eigenvalue weighted by Crippen LogP contribution is -2.36. The summed E-state index contributed by atoms with van der Waals surface area (Å²) in [4.78, 5) is 48.0. The number of thiophene rings is 1. The number of hydrogen-bond donors (Lipinski definition) is 2. The van der Waals surface area contributed by atoms with Gasteiger partial charge in [0.25, 0.3) is 17.7 Å². The molecule has 0 atom stereocenters. The van der Waals surface area contributed by atoms with Crippen LogP contribution in [0.3, 0.4) is 0 Å². The molecule has 3 rings (SSSR count). The molecule has 2 N–H and O–H groups in total. The van der Waals surface area contributed by atoms with E-state index in [1.54, 1.807) is 36.0 Å². The molecule has 0 radical (unpaired) electrons. The van der Waals surface area contributed by atoms with Gasteiger partial charge in [-0.3, -0.25) is 24.5 Å². The Hall–Kier alpha value is -3.17. The molecule has 3 amide bonds. The van der Waals surface area contributed by atoms with Crippen molar-refractivity contribution < 1.29 is 23.9 Å². The molecule has 0 bridgehead atoms. The van der Waals surface area contributed by atoms with E-state index in [1.165, 1.54) is 11.3 Å². The van der Waals surface area contributed by atoms with Crippen LogP contribution < -0.4 is 10.6 Å². The summed E-state index contributed by atoms with van der Waals surface area (Å²) in [5.41, 5.74) is 0.289. The number of hydrogen-bond acceptors (Lipinski definition) is 6. The first-order valence-corrected chi connectivity index (χ1v) is 9.62. The van der Waals surface area contributed by atoms with Crippen LogP contribution in [0.15, 0.2) is 42.6 Å². The molecule has 10 heteroatoms. The molecule has 0 aliphatic carbocycles. The maximum absolute atomic E-state index is 12.3. The number of carbonyl (C=O) groups excluding carboxylic acids is 4. The molecule has 3 aromatic rings. The maximum Gasteiger partial charge on any atom is 0.325 e. The number of amides is 3. The number of halogens is 1. The topological polar surface area (TPSA) is 106 Å². The van der Waals surface area contributed by atoms with Crippen LogP contribution in [0.25, 0.3) is 10.1 Å². The van der Waals surface area contributed by atoms with E-state index in [0.717, 1.165) is 10.1 Å². The molecule has 0 spiro atoms. The number of esters is 1. The van der Waals surface area contributed by atoms with Crippen LogP contribution in [0.1, 0.15) is 20.2 Å². The minimum atomic E-state index is -0.822. The molecule has 2 heterocycles. The number of ether oxygens (including phenoxy) is 1. The molecule has 150 valence electrons. The molecule has 29 heavy (non-hydrogen) atoms. The van der Waals surface area contributed by atoms with E-state index in [0.29, 0.717) is 5.02 Å². The van der Waals surface area contributed by atoms with Gasteiger partial charge >= 0.3 is 5.97 Å². The lowest BCUT2D eigenvalue weighted by atomic mass is 10.2. The first kappa shape index (κ1) is 20.6. The van der Waals surface area contributed by atoms with Crippen LogP contribution in [0, 0.1) is 0 Å². The number of aryl methyl sites for hydroxylation is 1. The van der Waals surface area contributed by atoms with Gasteiger partial charge in [-0.1, -0.05) is 29.8 Å². The Morgan fingerprint density at radius 3 is 2.55 bits per heavy atom. The fraction of sp³-hybridized carbons (Fsp3) is 0.158. The highest BCUT2D eigenvalue weighted by Crippen LogP contribution is 2.34. The Balaban J connectivity index is 1.46. The summed E-state index contributed by atoms with van der Waals surface area (Å²) in [5, 5.41) is 5.59. The molecule has 1 aromatic carbocycles. The Bertz CT molecular complexity index is 1100.